The van der Waals surface area contributed by atoms with Gasteiger partial charge in [0.05, 0.1) is 12.5 Å². The fourth-order valence-electron chi connectivity index (χ4n) is 4.57. The van der Waals surface area contributed by atoms with Crippen LogP contribution in [0, 0.1) is 20.8 Å². The van der Waals surface area contributed by atoms with E-state index in [-0.39, 0.29) is 17.2 Å². The minimum absolute atomic E-state index is 0.183. The van der Waals surface area contributed by atoms with E-state index in [1.807, 2.05) is 57.2 Å². The standard InChI is InChI=1S/C26H28N2O5S2/c1-17-13-18(2)26(19(3)14-17)27-23(29)16-33-24(30)15-22-21-8-5-4-7-20(21)10-11-28(22)35(31,32)25-9-6-12-34-25/h4-9,12-14,22H,10-11,15-16H2,1-3H3,(H,27,29). The topological polar surface area (TPSA) is 92.8 Å². The van der Waals surface area contributed by atoms with E-state index >= 15 is 0 Å². The molecule has 1 aliphatic rings. The highest BCUT2D eigenvalue weighted by Gasteiger charge is 2.38. The van der Waals surface area contributed by atoms with Gasteiger partial charge in [0.25, 0.3) is 15.9 Å². The first-order valence-electron chi connectivity index (χ1n) is 11.3. The number of hydrogen-bond donors (Lipinski definition) is 1. The molecule has 0 spiro atoms. The number of sulfonamides is 1. The molecule has 2 aromatic carbocycles. The zero-order chi connectivity index (χ0) is 25.2. The van der Waals surface area contributed by atoms with Crippen LogP contribution in [0.2, 0.25) is 0 Å². The second kappa shape index (κ2) is 10.3. The summed E-state index contributed by atoms with van der Waals surface area (Å²) in [6.07, 6.45) is 0.376. The van der Waals surface area contributed by atoms with Crippen molar-refractivity contribution in [1.82, 2.24) is 4.31 Å². The monoisotopic (exact) mass is 512 g/mol. The van der Waals surface area contributed by atoms with Crippen LogP contribution in [-0.4, -0.2) is 37.8 Å². The lowest BCUT2D eigenvalue weighted by Gasteiger charge is -2.35. The minimum atomic E-state index is -3.78. The molecule has 1 N–H and O–H groups in total. The summed E-state index contributed by atoms with van der Waals surface area (Å²) in [6.45, 7) is 5.62. The Morgan fingerprint density at radius 2 is 1.80 bits per heavy atom. The summed E-state index contributed by atoms with van der Waals surface area (Å²) < 4.78 is 33.5. The van der Waals surface area contributed by atoms with Crippen LogP contribution in [0.3, 0.4) is 0 Å². The molecule has 4 rings (SSSR count). The van der Waals surface area contributed by atoms with E-state index in [2.05, 4.69) is 5.32 Å². The average Bonchev–Trinajstić information content (AvgIpc) is 3.36. The Bertz CT molecular complexity index is 1330. The number of benzene rings is 2. The normalized spacial score (nSPS) is 15.9. The lowest BCUT2D eigenvalue weighted by Crippen LogP contribution is -2.41. The molecule has 0 bridgehead atoms. The highest BCUT2D eigenvalue weighted by Crippen LogP contribution is 2.37. The van der Waals surface area contributed by atoms with Gasteiger partial charge in [-0.2, -0.15) is 4.31 Å². The van der Waals surface area contributed by atoms with E-state index in [4.69, 9.17) is 4.74 Å². The van der Waals surface area contributed by atoms with Crippen molar-refractivity contribution in [2.24, 2.45) is 0 Å². The third-order valence-electron chi connectivity index (χ3n) is 6.09. The van der Waals surface area contributed by atoms with Crippen molar-refractivity contribution >= 4 is 38.9 Å². The largest absolute Gasteiger partial charge is 0.456 e. The van der Waals surface area contributed by atoms with Crippen LogP contribution in [0.15, 0.2) is 58.1 Å². The number of anilines is 1. The zero-order valence-corrected chi connectivity index (χ0v) is 21.5. The minimum Gasteiger partial charge on any atom is -0.456 e. The van der Waals surface area contributed by atoms with Gasteiger partial charge in [-0.15, -0.1) is 11.3 Å². The second-order valence-corrected chi connectivity index (χ2v) is 11.8. The second-order valence-electron chi connectivity index (χ2n) is 8.70. The predicted molar refractivity (Wildman–Crippen MR) is 136 cm³/mol. The number of fused-ring (bicyclic) bond motifs is 1. The van der Waals surface area contributed by atoms with Crippen molar-refractivity contribution < 1.29 is 22.7 Å². The fourth-order valence-corrected chi connectivity index (χ4v) is 7.29. The molecule has 1 amide bonds. The van der Waals surface area contributed by atoms with Crippen molar-refractivity contribution in [1.29, 1.82) is 0 Å². The molecule has 35 heavy (non-hydrogen) atoms. The summed E-state index contributed by atoms with van der Waals surface area (Å²) in [5.41, 5.74) is 5.44. The molecule has 0 radical (unpaired) electrons. The van der Waals surface area contributed by atoms with Crippen LogP contribution in [0.5, 0.6) is 0 Å². The summed E-state index contributed by atoms with van der Waals surface area (Å²) in [6, 6.07) is 14.0. The Balaban J connectivity index is 1.48. The number of thiophene rings is 1. The molecule has 184 valence electrons. The molecule has 0 fully saturated rings. The molecular formula is C26H28N2O5S2. The third-order valence-corrected chi connectivity index (χ3v) is 9.37. The number of nitrogens with zero attached hydrogens (tertiary/aromatic N) is 1. The maximum atomic E-state index is 13.3. The number of aryl methyl sites for hydroxylation is 3. The summed E-state index contributed by atoms with van der Waals surface area (Å²) in [5.74, 6) is -1.08. The molecule has 1 unspecified atom stereocenters. The molecular weight excluding hydrogens is 484 g/mol. The molecule has 2 heterocycles. The SMILES string of the molecule is Cc1cc(C)c(NC(=O)COC(=O)CC2c3ccccc3CCN2S(=O)(=O)c2cccs2)c(C)c1. The fraction of sp³-hybridized carbons (Fsp3) is 0.308. The number of carbonyl (C=O) groups is 2. The highest BCUT2D eigenvalue weighted by molar-refractivity contribution is 7.91. The third kappa shape index (κ3) is 5.47. The van der Waals surface area contributed by atoms with Crippen LogP contribution in [-0.2, 0) is 30.8 Å². The van der Waals surface area contributed by atoms with Crippen molar-refractivity contribution in [2.45, 2.75) is 43.9 Å². The average molecular weight is 513 g/mol. The van der Waals surface area contributed by atoms with Crippen LogP contribution < -0.4 is 5.32 Å². The maximum Gasteiger partial charge on any atom is 0.308 e. The number of rotatable bonds is 7. The molecule has 1 atom stereocenters. The summed E-state index contributed by atoms with van der Waals surface area (Å²) in [4.78, 5) is 25.3. The Morgan fingerprint density at radius 3 is 2.49 bits per heavy atom. The van der Waals surface area contributed by atoms with E-state index in [1.165, 1.54) is 4.31 Å². The molecule has 9 heteroatoms. The smallest absolute Gasteiger partial charge is 0.308 e. The van der Waals surface area contributed by atoms with E-state index in [0.717, 1.165) is 39.2 Å². The van der Waals surface area contributed by atoms with E-state index in [0.29, 0.717) is 12.1 Å². The van der Waals surface area contributed by atoms with Gasteiger partial charge >= 0.3 is 5.97 Å². The lowest BCUT2D eigenvalue weighted by molar-refractivity contribution is -0.148. The molecule has 0 saturated carbocycles. The first-order valence-corrected chi connectivity index (χ1v) is 13.7. The molecule has 7 nitrogen and oxygen atoms in total. The number of ether oxygens (including phenoxy) is 1. The number of amides is 1. The van der Waals surface area contributed by atoms with Gasteiger partial charge in [0.15, 0.2) is 6.61 Å². The van der Waals surface area contributed by atoms with Crippen LogP contribution in [0.25, 0.3) is 0 Å². The highest BCUT2D eigenvalue weighted by atomic mass is 32.2. The number of carbonyl (C=O) groups excluding carboxylic acids is 2. The Hall–Kier alpha value is -3.01. The Kier molecular flexibility index (Phi) is 7.39. The van der Waals surface area contributed by atoms with Crippen molar-refractivity contribution in [3.8, 4) is 0 Å². The molecule has 1 aliphatic heterocycles. The van der Waals surface area contributed by atoms with Crippen molar-refractivity contribution in [2.75, 3.05) is 18.5 Å². The Morgan fingerprint density at radius 1 is 1.09 bits per heavy atom. The first-order chi connectivity index (χ1) is 16.7. The van der Waals surface area contributed by atoms with Crippen molar-refractivity contribution in [3.63, 3.8) is 0 Å². The summed E-state index contributed by atoms with van der Waals surface area (Å²) >= 11 is 1.15. The van der Waals surface area contributed by atoms with Gasteiger partial charge in [-0.3, -0.25) is 9.59 Å². The quantitative estimate of drug-likeness (QED) is 0.470. The summed E-state index contributed by atoms with van der Waals surface area (Å²) in [5, 5.41) is 4.52. The van der Waals surface area contributed by atoms with E-state index in [1.54, 1.807) is 17.5 Å². The van der Waals surface area contributed by atoms with Crippen LogP contribution >= 0.6 is 11.3 Å². The van der Waals surface area contributed by atoms with Crippen molar-refractivity contribution in [3.05, 3.63) is 81.7 Å². The van der Waals surface area contributed by atoms with Gasteiger partial charge in [0.1, 0.15) is 4.21 Å². The van der Waals surface area contributed by atoms with Gasteiger partial charge in [0.2, 0.25) is 0 Å². The Labute approximate surface area is 209 Å². The molecule has 0 aliphatic carbocycles. The van der Waals surface area contributed by atoms with E-state index < -0.39 is 34.5 Å². The first kappa shape index (κ1) is 25.1. The summed E-state index contributed by atoms with van der Waals surface area (Å²) in [7, 11) is -3.78. The molecule has 0 saturated heterocycles. The van der Waals surface area contributed by atoms with Gasteiger partial charge in [-0.05, 0) is 60.9 Å². The maximum absolute atomic E-state index is 13.3. The molecule has 1 aromatic heterocycles. The van der Waals surface area contributed by atoms with Gasteiger partial charge < -0.3 is 10.1 Å². The number of esters is 1. The van der Waals surface area contributed by atoms with E-state index in [9.17, 15) is 18.0 Å². The molecule has 3 aromatic rings. The zero-order valence-electron chi connectivity index (χ0n) is 19.9. The predicted octanol–water partition coefficient (Wildman–Crippen LogP) is 4.53. The number of nitrogens with one attached hydrogen (secondary N) is 1. The van der Waals surface area contributed by atoms with Crippen LogP contribution in [0.4, 0.5) is 5.69 Å². The van der Waals surface area contributed by atoms with Crippen LogP contribution in [0.1, 0.15) is 40.3 Å². The lowest BCUT2D eigenvalue weighted by atomic mass is 9.92. The number of hydrogen-bond acceptors (Lipinski definition) is 6. The van der Waals surface area contributed by atoms with Gasteiger partial charge in [0, 0.05) is 12.2 Å². The van der Waals surface area contributed by atoms with Gasteiger partial charge in [-0.1, -0.05) is 48.0 Å². The van der Waals surface area contributed by atoms with Gasteiger partial charge in [-0.25, -0.2) is 8.42 Å².